The molecule has 0 spiro atoms. The minimum absolute atomic E-state index is 0.202. The van der Waals surface area contributed by atoms with Crippen LogP contribution in [0.15, 0.2) is 46.4 Å². The van der Waals surface area contributed by atoms with Crippen LogP contribution in [-0.2, 0) is 9.53 Å². The third kappa shape index (κ3) is 4.49. The van der Waals surface area contributed by atoms with E-state index in [2.05, 4.69) is 5.32 Å². The van der Waals surface area contributed by atoms with Gasteiger partial charge in [-0.25, -0.2) is 4.79 Å². The molecule has 1 amide bonds. The molecule has 0 aliphatic carbocycles. The fraction of sp³-hybridized carbons (Fsp3) is 0.158. The number of para-hydroxylation sites is 1. The number of hydrogen-bond donors (Lipinski definition) is 1. The van der Waals surface area contributed by atoms with Crippen LogP contribution in [-0.4, -0.2) is 25.1 Å². The number of hydrogen-bond acceptors (Lipinski definition) is 6. The van der Waals surface area contributed by atoms with E-state index in [0.29, 0.717) is 26.4 Å². The maximum absolute atomic E-state index is 12.4. The summed E-state index contributed by atoms with van der Waals surface area (Å²) in [7, 11) is 0. The molecule has 6 nitrogen and oxygen atoms in total. The van der Waals surface area contributed by atoms with Gasteiger partial charge in [-0.1, -0.05) is 29.3 Å². The number of furan rings is 1. The number of halogens is 2. The minimum Gasteiger partial charge on any atom is -0.481 e. The molecule has 1 N–H and O–H groups in total. The van der Waals surface area contributed by atoms with Gasteiger partial charge in [-0.05, 0) is 31.2 Å². The van der Waals surface area contributed by atoms with E-state index in [1.54, 1.807) is 42.6 Å². The number of amides is 1. The molecular formula is C19H15Cl2NO5S. The predicted molar refractivity (Wildman–Crippen MR) is 109 cm³/mol. The van der Waals surface area contributed by atoms with Crippen molar-refractivity contribution in [2.45, 2.75) is 6.92 Å². The molecule has 0 aliphatic heterocycles. The molecule has 0 unspecified atom stereocenters. The van der Waals surface area contributed by atoms with Crippen LogP contribution in [0, 0.1) is 0 Å². The number of benzene rings is 1. The summed E-state index contributed by atoms with van der Waals surface area (Å²) in [5.74, 6) is -0.317. The number of carbonyl (C=O) groups is 2. The standard InChI is InChI=1S/C19H15Cl2NO5S/c1-2-25-19(24)16-11(14-7-4-8-26-14)10-28-18(16)22-15(23)9-27-17-12(20)5-3-6-13(17)21/h3-8,10H,2,9H2,1H3,(H,22,23). The Kier molecular flexibility index (Phi) is 6.61. The molecule has 3 rings (SSSR count). The van der Waals surface area contributed by atoms with Crippen molar-refractivity contribution in [3.8, 4) is 17.1 Å². The van der Waals surface area contributed by atoms with E-state index in [1.807, 2.05) is 0 Å². The smallest absolute Gasteiger partial charge is 0.341 e. The molecule has 146 valence electrons. The first-order valence-electron chi connectivity index (χ1n) is 8.20. The van der Waals surface area contributed by atoms with E-state index in [9.17, 15) is 9.59 Å². The number of thiophene rings is 1. The summed E-state index contributed by atoms with van der Waals surface area (Å²) in [5, 5.41) is 5.31. The van der Waals surface area contributed by atoms with Crippen molar-refractivity contribution < 1.29 is 23.5 Å². The van der Waals surface area contributed by atoms with Gasteiger partial charge < -0.3 is 19.2 Å². The van der Waals surface area contributed by atoms with Crippen LogP contribution in [0.1, 0.15) is 17.3 Å². The molecule has 0 aliphatic rings. The Morgan fingerprint density at radius 2 is 1.93 bits per heavy atom. The van der Waals surface area contributed by atoms with Gasteiger partial charge in [0.05, 0.1) is 22.9 Å². The van der Waals surface area contributed by atoms with Gasteiger partial charge in [0.15, 0.2) is 12.4 Å². The fourth-order valence-electron chi connectivity index (χ4n) is 2.39. The highest BCUT2D eigenvalue weighted by Crippen LogP contribution is 2.37. The first-order chi connectivity index (χ1) is 13.5. The fourth-order valence-corrected chi connectivity index (χ4v) is 3.85. The first kappa shape index (κ1) is 20.3. The number of anilines is 1. The highest BCUT2D eigenvalue weighted by atomic mass is 35.5. The van der Waals surface area contributed by atoms with Gasteiger partial charge in [-0.2, -0.15) is 0 Å². The molecule has 2 aromatic heterocycles. The molecule has 0 saturated heterocycles. The lowest BCUT2D eigenvalue weighted by molar-refractivity contribution is -0.118. The van der Waals surface area contributed by atoms with Crippen LogP contribution in [0.5, 0.6) is 5.75 Å². The molecular weight excluding hydrogens is 425 g/mol. The van der Waals surface area contributed by atoms with Gasteiger partial charge in [0.25, 0.3) is 5.91 Å². The Labute approximate surface area is 175 Å². The second-order valence-electron chi connectivity index (χ2n) is 5.44. The van der Waals surface area contributed by atoms with Crippen molar-refractivity contribution in [3.05, 3.63) is 57.6 Å². The number of ether oxygens (including phenoxy) is 2. The number of esters is 1. The molecule has 9 heteroatoms. The summed E-state index contributed by atoms with van der Waals surface area (Å²) in [6.07, 6.45) is 1.50. The molecule has 28 heavy (non-hydrogen) atoms. The van der Waals surface area contributed by atoms with Crippen molar-refractivity contribution in [1.29, 1.82) is 0 Å². The number of carbonyl (C=O) groups excluding carboxylic acids is 2. The third-order valence-electron chi connectivity index (χ3n) is 3.58. The second kappa shape index (κ2) is 9.14. The van der Waals surface area contributed by atoms with Crippen LogP contribution in [0.3, 0.4) is 0 Å². The van der Waals surface area contributed by atoms with Crippen LogP contribution >= 0.6 is 34.5 Å². The zero-order chi connectivity index (χ0) is 20.1. The SMILES string of the molecule is CCOC(=O)c1c(-c2ccco2)csc1NC(=O)COc1c(Cl)cccc1Cl. The van der Waals surface area contributed by atoms with Crippen molar-refractivity contribution in [1.82, 2.24) is 0 Å². The topological polar surface area (TPSA) is 77.8 Å². The minimum atomic E-state index is -0.555. The maximum Gasteiger partial charge on any atom is 0.341 e. The molecule has 0 fully saturated rings. The van der Waals surface area contributed by atoms with Crippen molar-refractivity contribution in [2.24, 2.45) is 0 Å². The summed E-state index contributed by atoms with van der Waals surface area (Å²) >= 11 is 13.2. The Morgan fingerprint density at radius 1 is 1.18 bits per heavy atom. The van der Waals surface area contributed by atoms with E-state index in [0.717, 1.165) is 0 Å². The number of nitrogens with one attached hydrogen (secondary N) is 1. The Bertz CT molecular complexity index is 964. The summed E-state index contributed by atoms with van der Waals surface area (Å²) in [4.78, 5) is 24.8. The largest absolute Gasteiger partial charge is 0.481 e. The van der Waals surface area contributed by atoms with Crippen molar-refractivity contribution in [2.75, 3.05) is 18.5 Å². The molecule has 0 saturated carbocycles. The molecule has 0 atom stereocenters. The lowest BCUT2D eigenvalue weighted by atomic mass is 10.1. The summed E-state index contributed by atoms with van der Waals surface area (Å²) < 4.78 is 15.9. The molecule has 3 aromatic rings. The van der Waals surface area contributed by atoms with Crippen molar-refractivity contribution >= 4 is 51.4 Å². The van der Waals surface area contributed by atoms with Crippen LogP contribution in [0.2, 0.25) is 10.0 Å². The van der Waals surface area contributed by atoms with Crippen LogP contribution < -0.4 is 10.1 Å². The summed E-state index contributed by atoms with van der Waals surface area (Å²) in [6, 6.07) is 8.31. The highest BCUT2D eigenvalue weighted by Gasteiger charge is 2.24. The Balaban J connectivity index is 1.78. The van der Waals surface area contributed by atoms with E-state index in [4.69, 9.17) is 37.1 Å². The average molecular weight is 440 g/mol. The normalized spacial score (nSPS) is 10.5. The first-order valence-corrected chi connectivity index (χ1v) is 9.84. The molecule has 0 radical (unpaired) electrons. The van der Waals surface area contributed by atoms with Gasteiger partial charge in [0.1, 0.15) is 16.3 Å². The zero-order valence-corrected chi connectivity index (χ0v) is 17.0. The van der Waals surface area contributed by atoms with E-state index >= 15 is 0 Å². The van der Waals surface area contributed by atoms with Gasteiger partial charge in [0.2, 0.25) is 0 Å². The van der Waals surface area contributed by atoms with E-state index < -0.39 is 11.9 Å². The van der Waals surface area contributed by atoms with E-state index in [-0.39, 0.29) is 24.5 Å². The molecule has 2 heterocycles. The van der Waals surface area contributed by atoms with Crippen LogP contribution in [0.4, 0.5) is 5.00 Å². The third-order valence-corrected chi connectivity index (χ3v) is 5.07. The van der Waals surface area contributed by atoms with Gasteiger partial charge in [-0.3, -0.25) is 4.79 Å². The second-order valence-corrected chi connectivity index (χ2v) is 7.13. The molecule has 0 bridgehead atoms. The average Bonchev–Trinajstić information content (AvgIpc) is 3.31. The zero-order valence-electron chi connectivity index (χ0n) is 14.7. The van der Waals surface area contributed by atoms with Gasteiger partial charge in [-0.15, -0.1) is 11.3 Å². The number of rotatable bonds is 7. The lowest BCUT2D eigenvalue weighted by Crippen LogP contribution is -2.21. The molecule has 1 aromatic carbocycles. The van der Waals surface area contributed by atoms with E-state index in [1.165, 1.54) is 17.6 Å². The summed E-state index contributed by atoms with van der Waals surface area (Å²) in [5.41, 5.74) is 0.768. The predicted octanol–water partition coefficient (Wildman–Crippen LogP) is 5.51. The van der Waals surface area contributed by atoms with Crippen LogP contribution in [0.25, 0.3) is 11.3 Å². The quantitative estimate of drug-likeness (QED) is 0.491. The summed E-state index contributed by atoms with van der Waals surface area (Å²) in [6.45, 7) is 1.57. The van der Waals surface area contributed by atoms with Crippen molar-refractivity contribution in [3.63, 3.8) is 0 Å². The maximum atomic E-state index is 12.4. The lowest BCUT2D eigenvalue weighted by Gasteiger charge is -2.10. The van der Waals surface area contributed by atoms with Gasteiger partial charge >= 0.3 is 5.97 Å². The highest BCUT2D eigenvalue weighted by molar-refractivity contribution is 7.15. The van der Waals surface area contributed by atoms with Gasteiger partial charge in [0, 0.05) is 10.9 Å². The Hall–Kier alpha value is -2.48. The monoisotopic (exact) mass is 439 g/mol. The Morgan fingerprint density at radius 3 is 2.57 bits per heavy atom.